The van der Waals surface area contributed by atoms with Gasteiger partial charge in [-0.25, -0.2) is 13.9 Å². The van der Waals surface area contributed by atoms with Crippen molar-refractivity contribution >= 4 is 5.97 Å². The van der Waals surface area contributed by atoms with Crippen LogP contribution in [0.4, 0.5) is 4.39 Å². The van der Waals surface area contributed by atoms with E-state index in [4.69, 9.17) is 9.84 Å². The van der Waals surface area contributed by atoms with Gasteiger partial charge in [-0.05, 0) is 18.6 Å². The van der Waals surface area contributed by atoms with E-state index in [2.05, 4.69) is 10.3 Å². The molecule has 0 saturated carbocycles. The molecule has 0 saturated heterocycles. The molecule has 0 amide bonds. The van der Waals surface area contributed by atoms with Crippen molar-refractivity contribution in [3.8, 4) is 5.75 Å². The zero-order valence-corrected chi connectivity index (χ0v) is 11.6. The number of nitrogens with zero attached hydrogens (tertiary/aromatic N) is 3. The molecule has 1 N–H and O–H groups in total. The second-order valence-electron chi connectivity index (χ2n) is 4.44. The van der Waals surface area contributed by atoms with Crippen LogP contribution < -0.4 is 4.74 Å². The fourth-order valence-corrected chi connectivity index (χ4v) is 1.97. The first kappa shape index (κ1) is 15.0. The number of rotatable bonds is 7. The van der Waals surface area contributed by atoms with E-state index >= 15 is 0 Å². The number of carboxylic acids is 1. The van der Waals surface area contributed by atoms with Crippen molar-refractivity contribution in [3.05, 3.63) is 41.5 Å². The molecule has 0 radical (unpaired) electrons. The number of carbonyl (C=O) groups is 1. The van der Waals surface area contributed by atoms with E-state index in [-0.39, 0.29) is 18.1 Å². The molecule has 112 valence electrons. The Morgan fingerprint density at radius 2 is 2.19 bits per heavy atom. The lowest BCUT2D eigenvalue weighted by Gasteiger charge is -2.09. The zero-order chi connectivity index (χ0) is 15.2. The van der Waals surface area contributed by atoms with Gasteiger partial charge in [0, 0.05) is 0 Å². The third-order valence-electron chi connectivity index (χ3n) is 2.92. The maximum Gasteiger partial charge on any atom is 0.358 e. The van der Waals surface area contributed by atoms with Gasteiger partial charge in [-0.15, -0.1) is 5.10 Å². The lowest BCUT2D eigenvalue weighted by atomic mass is 10.2. The van der Waals surface area contributed by atoms with E-state index in [0.29, 0.717) is 18.7 Å². The number of para-hydroxylation sites is 1. The largest absolute Gasteiger partial charge is 0.489 e. The summed E-state index contributed by atoms with van der Waals surface area (Å²) in [6.07, 6.45) is 1.34. The summed E-state index contributed by atoms with van der Waals surface area (Å²) in [4.78, 5) is 11.1. The van der Waals surface area contributed by atoms with Gasteiger partial charge >= 0.3 is 5.97 Å². The molecule has 0 aliphatic heterocycles. The number of aromatic nitrogens is 3. The van der Waals surface area contributed by atoms with Crippen molar-refractivity contribution in [1.82, 2.24) is 15.0 Å². The number of aromatic carboxylic acids is 1. The lowest BCUT2D eigenvalue weighted by Crippen LogP contribution is -2.14. The Kier molecular flexibility index (Phi) is 4.86. The highest BCUT2D eigenvalue weighted by molar-refractivity contribution is 5.86. The summed E-state index contributed by atoms with van der Waals surface area (Å²) in [6, 6.07) is 6.11. The second-order valence-corrected chi connectivity index (χ2v) is 4.44. The normalized spacial score (nSPS) is 10.6. The van der Waals surface area contributed by atoms with Crippen LogP contribution in [0.5, 0.6) is 5.75 Å². The topological polar surface area (TPSA) is 77.2 Å². The third-order valence-corrected chi connectivity index (χ3v) is 2.92. The number of hydrogen-bond donors (Lipinski definition) is 1. The summed E-state index contributed by atoms with van der Waals surface area (Å²) in [5.41, 5.74) is 0.518. The average molecular weight is 293 g/mol. The number of carboxylic acid groups (broad SMARTS) is 1. The Morgan fingerprint density at radius 3 is 2.86 bits per heavy atom. The molecular formula is C14H16FN3O3. The first-order chi connectivity index (χ1) is 10.1. The van der Waals surface area contributed by atoms with Crippen molar-refractivity contribution in [2.75, 3.05) is 6.61 Å². The first-order valence-corrected chi connectivity index (χ1v) is 6.66. The molecule has 0 aliphatic rings. The van der Waals surface area contributed by atoms with Gasteiger partial charge in [0.05, 0.1) is 12.2 Å². The minimum Gasteiger partial charge on any atom is -0.489 e. The standard InChI is InChI=1S/C14H16FN3O3/c1-2-5-11-13(14(19)20)16-17-18(11)8-9-21-12-7-4-3-6-10(12)15/h3-4,6-7H,2,5,8-9H2,1H3,(H,19,20). The summed E-state index contributed by atoms with van der Waals surface area (Å²) >= 11 is 0. The highest BCUT2D eigenvalue weighted by Crippen LogP contribution is 2.15. The van der Waals surface area contributed by atoms with Crippen LogP contribution in [0.3, 0.4) is 0 Å². The number of hydrogen-bond acceptors (Lipinski definition) is 4. The SMILES string of the molecule is CCCc1c(C(=O)O)nnn1CCOc1ccccc1F. The van der Waals surface area contributed by atoms with Crippen molar-refractivity contribution in [2.24, 2.45) is 0 Å². The van der Waals surface area contributed by atoms with Crippen LogP contribution in [-0.4, -0.2) is 32.7 Å². The van der Waals surface area contributed by atoms with Gasteiger partial charge < -0.3 is 9.84 Å². The van der Waals surface area contributed by atoms with E-state index in [1.165, 1.54) is 16.8 Å². The predicted molar refractivity (Wildman–Crippen MR) is 72.9 cm³/mol. The molecule has 0 atom stereocenters. The minimum atomic E-state index is -1.10. The fraction of sp³-hybridized carbons (Fsp3) is 0.357. The Morgan fingerprint density at radius 1 is 1.43 bits per heavy atom. The van der Waals surface area contributed by atoms with Crippen LogP contribution in [0.2, 0.25) is 0 Å². The zero-order valence-electron chi connectivity index (χ0n) is 11.6. The van der Waals surface area contributed by atoms with Crippen LogP contribution in [0, 0.1) is 5.82 Å². The van der Waals surface area contributed by atoms with Gasteiger partial charge in [-0.1, -0.05) is 30.7 Å². The molecule has 7 heteroatoms. The molecule has 2 aromatic rings. The van der Waals surface area contributed by atoms with Gasteiger partial charge in [0.15, 0.2) is 17.3 Å². The summed E-state index contributed by atoms with van der Waals surface area (Å²) in [6.45, 7) is 2.43. The molecule has 6 nitrogen and oxygen atoms in total. The van der Waals surface area contributed by atoms with E-state index in [9.17, 15) is 9.18 Å². The van der Waals surface area contributed by atoms with Crippen LogP contribution in [0.15, 0.2) is 24.3 Å². The summed E-state index contributed by atoms with van der Waals surface area (Å²) in [5, 5.41) is 16.5. The highest BCUT2D eigenvalue weighted by Gasteiger charge is 2.18. The monoisotopic (exact) mass is 293 g/mol. The maximum atomic E-state index is 13.4. The van der Waals surface area contributed by atoms with E-state index in [0.717, 1.165) is 6.42 Å². The maximum absolute atomic E-state index is 13.4. The quantitative estimate of drug-likeness (QED) is 0.846. The molecule has 0 unspecified atom stereocenters. The molecular weight excluding hydrogens is 277 g/mol. The first-order valence-electron chi connectivity index (χ1n) is 6.66. The number of halogens is 1. The number of benzene rings is 1. The summed E-state index contributed by atoms with van der Waals surface area (Å²) in [5.74, 6) is -1.37. The van der Waals surface area contributed by atoms with Gasteiger partial charge in [-0.3, -0.25) is 0 Å². The Balaban J connectivity index is 2.03. The molecule has 0 bridgehead atoms. The third kappa shape index (κ3) is 3.56. The fourth-order valence-electron chi connectivity index (χ4n) is 1.97. The van der Waals surface area contributed by atoms with Gasteiger partial charge in [0.2, 0.25) is 0 Å². The second kappa shape index (κ2) is 6.83. The van der Waals surface area contributed by atoms with Crippen molar-refractivity contribution in [1.29, 1.82) is 0 Å². The predicted octanol–water partition coefficient (Wildman–Crippen LogP) is 2.15. The van der Waals surface area contributed by atoms with Gasteiger partial charge in [0.1, 0.15) is 6.61 Å². The Hall–Kier alpha value is -2.44. The van der Waals surface area contributed by atoms with E-state index in [1.807, 2.05) is 6.92 Å². The van der Waals surface area contributed by atoms with Crippen LogP contribution in [0.25, 0.3) is 0 Å². The molecule has 0 spiro atoms. The molecule has 1 aromatic carbocycles. The molecule has 2 rings (SSSR count). The lowest BCUT2D eigenvalue weighted by molar-refractivity contribution is 0.0689. The molecule has 0 fully saturated rings. The summed E-state index contributed by atoms with van der Waals surface area (Å²) in [7, 11) is 0. The van der Waals surface area contributed by atoms with E-state index in [1.54, 1.807) is 12.1 Å². The van der Waals surface area contributed by atoms with Crippen LogP contribution in [-0.2, 0) is 13.0 Å². The smallest absolute Gasteiger partial charge is 0.358 e. The van der Waals surface area contributed by atoms with E-state index < -0.39 is 11.8 Å². The van der Waals surface area contributed by atoms with Gasteiger partial charge in [-0.2, -0.15) is 0 Å². The van der Waals surface area contributed by atoms with Crippen molar-refractivity contribution in [3.63, 3.8) is 0 Å². The highest BCUT2D eigenvalue weighted by atomic mass is 19.1. The van der Waals surface area contributed by atoms with Crippen LogP contribution >= 0.6 is 0 Å². The summed E-state index contributed by atoms with van der Waals surface area (Å²) < 4.78 is 20.2. The Labute approximate surface area is 121 Å². The molecule has 1 heterocycles. The Bertz CT molecular complexity index is 628. The molecule has 21 heavy (non-hydrogen) atoms. The average Bonchev–Trinajstić information content (AvgIpc) is 2.85. The molecule has 0 aliphatic carbocycles. The van der Waals surface area contributed by atoms with Crippen molar-refractivity contribution < 1.29 is 19.0 Å². The number of ether oxygens (including phenoxy) is 1. The van der Waals surface area contributed by atoms with Crippen LogP contribution in [0.1, 0.15) is 29.5 Å². The minimum absolute atomic E-state index is 0.0391. The molecule has 1 aromatic heterocycles. The van der Waals surface area contributed by atoms with Gasteiger partial charge in [0.25, 0.3) is 0 Å². The van der Waals surface area contributed by atoms with Crippen molar-refractivity contribution in [2.45, 2.75) is 26.3 Å².